The van der Waals surface area contributed by atoms with Crippen LogP contribution in [0, 0.1) is 10.1 Å². The maximum atomic E-state index is 12.6. The molecule has 0 saturated carbocycles. The summed E-state index contributed by atoms with van der Waals surface area (Å²) in [5.41, 5.74) is 2.56. The van der Waals surface area contributed by atoms with E-state index < -0.39 is 4.92 Å². The number of nitrogens with zero attached hydrogens (tertiary/aromatic N) is 4. The summed E-state index contributed by atoms with van der Waals surface area (Å²) < 4.78 is 0.704. The van der Waals surface area contributed by atoms with Crippen LogP contribution in [0.3, 0.4) is 0 Å². The van der Waals surface area contributed by atoms with E-state index >= 15 is 0 Å². The van der Waals surface area contributed by atoms with E-state index in [1.165, 1.54) is 29.2 Å². The molecule has 0 fully saturated rings. The van der Waals surface area contributed by atoms with Gasteiger partial charge in [0.15, 0.2) is 4.34 Å². The molecule has 0 bridgehead atoms. The molecule has 0 atom stereocenters. The van der Waals surface area contributed by atoms with Gasteiger partial charge in [-0.3, -0.25) is 14.9 Å². The van der Waals surface area contributed by atoms with E-state index in [0.717, 1.165) is 16.9 Å². The zero-order valence-electron chi connectivity index (χ0n) is 14.6. The third-order valence-corrected chi connectivity index (χ3v) is 6.18. The van der Waals surface area contributed by atoms with Crippen molar-refractivity contribution in [3.63, 3.8) is 0 Å². The number of para-hydroxylation sites is 1. The predicted octanol–water partition coefficient (Wildman–Crippen LogP) is 3.87. The van der Waals surface area contributed by atoms with Crippen molar-refractivity contribution in [3.05, 3.63) is 64.2 Å². The van der Waals surface area contributed by atoms with Crippen LogP contribution in [0.15, 0.2) is 52.9 Å². The molecule has 0 saturated heterocycles. The van der Waals surface area contributed by atoms with Crippen LogP contribution in [0.4, 0.5) is 22.2 Å². The molecule has 1 amide bonds. The Hall–Kier alpha value is -2.98. The highest BCUT2D eigenvalue weighted by molar-refractivity contribution is 8.01. The average molecular weight is 413 g/mol. The number of rotatable bonds is 6. The molecule has 3 aromatic rings. The van der Waals surface area contributed by atoms with E-state index in [0.29, 0.717) is 22.4 Å². The lowest BCUT2D eigenvalue weighted by Gasteiger charge is -2.16. The smallest absolute Gasteiger partial charge is 0.269 e. The van der Waals surface area contributed by atoms with Crippen LogP contribution in [-0.4, -0.2) is 33.3 Å². The Bertz CT molecular complexity index is 1030. The van der Waals surface area contributed by atoms with E-state index in [2.05, 4.69) is 15.5 Å². The number of benzene rings is 2. The van der Waals surface area contributed by atoms with E-state index in [1.54, 1.807) is 17.0 Å². The number of nitro groups is 1. The average Bonchev–Trinajstić information content (AvgIpc) is 3.33. The lowest BCUT2D eigenvalue weighted by Crippen LogP contribution is -2.30. The second-order valence-corrected chi connectivity index (χ2v) is 8.22. The molecule has 1 N–H and O–H groups in total. The van der Waals surface area contributed by atoms with Crippen LogP contribution < -0.4 is 10.2 Å². The number of thioether (sulfide) groups is 1. The van der Waals surface area contributed by atoms with Gasteiger partial charge in [0, 0.05) is 30.1 Å². The molecule has 0 spiro atoms. The van der Waals surface area contributed by atoms with Crippen LogP contribution in [0.1, 0.15) is 5.56 Å². The first-order valence-corrected chi connectivity index (χ1v) is 10.3. The number of nitrogens with one attached hydrogen (secondary N) is 1. The predicted molar refractivity (Wildman–Crippen MR) is 110 cm³/mol. The summed E-state index contributed by atoms with van der Waals surface area (Å²) in [6.45, 7) is 0.535. The molecule has 0 aliphatic carbocycles. The Morgan fingerprint density at radius 3 is 2.86 bits per heavy atom. The third-order valence-electron chi connectivity index (χ3n) is 4.22. The number of fused-ring (bicyclic) bond motifs is 1. The highest BCUT2D eigenvalue weighted by atomic mass is 32.2. The summed E-state index contributed by atoms with van der Waals surface area (Å²) in [5, 5.41) is 22.9. The van der Waals surface area contributed by atoms with Crippen LogP contribution in [-0.2, 0) is 11.2 Å². The largest absolute Gasteiger partial charge is 0.330 e. The maximum absolute atomic E-state index is 12.6. The Balaban J connectivity index is 1.36. The maximum Gasteiger partial charge on any atom is 0.269 e. The Kier molecular flexibility index (Phi) is 5.22. The van der Waals surface area contributed by atoms with Crippen molar-refractivity contribution < 1.29 is 9.72 Å². The van der Waals surface area contributed by atoms with E-state index in [1.807, 2.05) is 30.3 Å². The summed E-state index contributed by atoms with van der Waals surface area (Å²) in [7, 11) is 0. The minimum absolute atomic E-state index is 0.0506. The topological polar surface area (TPSA) is 101 Å². The number of carbonyl (C=O) groups excluding carboxylic acids is 1. The van der Waals surface area contributed by atoms with Gasteiger partial charge >= 0.3 is 0 Å². The minimum Gasteiger partial charge on any atom is -0.330 e. The fourth-order valence-electron chi connectivity index (χ4n) is 2.93. The first-order valence-electron chi connectivity index (χ1n) is 8.46. The molecule has 4 rings (SSSR count). The van der Waals surface area contributed by atoms with Crippen LogP contribution in [0.5, 0.6) is 0 Å². The van der Waals surface area contributed by atoms with E-state index in [-0.39, 0.29) is 17.3 Å². The van der Waals surface area contributed by atoms with Gasteiger partial charge in [-0.15, -0.1) is 10.2 Å². The molecule has 1 aromatic heterocycles. The van der Waals surface area contributed by atoms with Gasteiger partial charge in [-0.05, 0) is 30.2 Å². The van der Waals surface area contributed by atoms with Crippen molar-refractivity contribution in [2.45, 2.75) is 10.8 Å². The van der Waals surface area contributed by atoms with Crippen molar-refractivity contribution in [2.24, 2.45) is 0 Å². The Labute approximate surface area is 168 Å². The van der Waals surface area contributed by atoms with Gasteiger partial charge in [-0.1, -0.05) is 41.3 Å². The molecule has 8 nitrogen and oxygen atoms in total. The lowest BCUT2D eigenvalue weighted by molar-refractivity contribution is -0.384. The fraction of sp³-hybridized carbons (Fsp3) is 0.167. The molecule has 142 valence electrons. The number of amides is 1. The Morgan fingerprint density at radius 1 is 1.25 bits per heavy atom. The first kappa shape index (κ1) is 18.4. The second-order valence-electron chi connectivity index (χ2n) is 6.02. The number of hydrogen-bond acceptors (Lipinski definition) is 8. The van der Waals surface area contributed by atoms with Gasteiger partial charge in [0.1, 0.15) is 0 Å². The number of carbonyl (C=O) groups is 1. The highest BCUT2D eigenvalue weighted by Crippen LogP contribution is 2.33. The lowest BCUT2D eigenvalue weighted by atomic mass is 10.1. The number of aromatic nitrogens is 2. The van der Waals surface area contributed by atoms with Crippen molar-refractivity contribution in [2.75, 3.05) is 22.5 Å². The van der Waals surface area contributed by atoms with Gasteiger partial charge in [-0.25, -0.2) is 0 Å². The second kappa shape index (κ2) is 7.95. The molecule has 2 aromatic carbocycles. The highest BCUT2D eigenvalue weighted by Gasteiger charge is 2.26. The molecule has 10 heteroatoms. The van der Waals surface area contributed by atoms with Crippen LogP contribution in [0.2, 0.25) is 0 Å². The van der Waals surface area contributed by atoms with Gasteiger partial charge in [0.05, 0.1) is 10.7 Å². The summed E-state index contributed by atoms with van der Waals surface area (Å²) in [6.07, 6.45) is 0.622. The van der Waals surface area contributed by atoms with Crippen molar-refractivity contribution in [1.82, 2.24) is 10.2 Å². The monoisotopic (exact) mass is 413 g/mol. The van der Waals surface area contributed by atoms with Gasteiger partial charge in [0.2, 0.25) is 11.0 Å². The van der Waals surface area contributed by atoms with Gasteiger partial charge < -0.3 is 10.2 Å². The number of hydrogen-bond donors (Lipinski definition) is 1. The SMILES string of the molecule is O=C(CSc1nnc(Nc2ccccc2)s1)N1CCc2cc([N+](=O)[O-])ccc21. The van der Waals surface area contributed by atoms with E-state index in [4.69, 9.17) is 0 Å². The van der Waals surface area contributed by atoms with Crippen molar-refractivity contribution >= 4 is 51.2 Å². The summed E-state index contributed by atoms with van der Waals surface area (Å²) >= 11 is 2.72. The zero-order valence-corrected chi connectivity index (χ0v) is 16.2. The standard InChI is InChI=1S/C18H15N5O3S2/c24-16(22-9-8-12-10-14(23(25)26)6-7-15(12)22)11-27-18-21-20-17(28-18)19-13-4-2-1-3-5-13/h1-7,10H,8-9,11H2,(H,19,20). The number of anilines is 3. The molecule has 28 heavy (non-hydrogen) atoms. The normalized spacial score (nSPS) is 12.6. The van der Waals surface area contributed by atoms with Gasteiger partial charge in [0.25, 0.3) is 5.69 Å². The minimum atomic E-state index is -0.420. The summed E-state index contributed by atoms with van der Waals surface area (Å²) in [6, 6.07) is 14.3. The van der Waals surface area contributed by atoms with Crippen LogP contribution in [0.25, 0.3) is 0 Å². The summed E-state index contributed by atoms with van der Waals surface area (Å²) in [4.78, 5) is 24.8. The Morgan fingerprint density at radius 2 is 2.07 bits per heavy atom. The molecule has 1 aliphatic rings. The quantitative estimate of drug-likeness (QED) is 0.372. The molecule has 2 heterocycles. The summed E-state index contributed by atoms with van der Waals surface area (Å²) in [5.74, 6) is 0.182. The van der Waals surface area contributed by atoms with Gasteiger partial charge in [-0.2, -0.15) is 0 Å². The van der Waals surface area contributed by atoms with Crippen LogP contribution >= 0.6 is 23.1 Å². The molecule has 1 aliphatic heterocycles. The van der Waals surface area contributed by atoms with Crippen molar-refractivity contribution in [3.8, 4) is 0 Å². The van der Waals surface area contributed by atoms with Crippen molar-refractivity contribution in [1.29, 1.82) is 0 Å². The third kappa shape index (κ3) is 3.97. The first-order chi connectivity index (χ1) is 13.6. The number of nitro benzene ring substituents is 1. The fourth-order valence-corrected chi connectivity index (χ4v) is 4.57. The molecular formula is C18H15N5O3S2. The zero-order chi connectivity index (χ0) is 19.5. The van der Waals surface area contributed by atoms with E-state index in [9.17, 15) is 14.9 Å². The molecule has 0 unspecified atom stereocenters. The number of non-ortho nitro benzene ring substituents is 1. The molecule has 0 radical (unpaired) electrons. The molecular weight excluding hydrogens is 398 g/mol.